The van der Waals surface area contributed by atoms with Gasteiger partial charge in [0.15, 0.2) is 0 Å². The van der Waals surface area contributed by atoms with Crippen molar-refractivity contribution in [3.05, 3.63) is 132 Å². The monoisotopic (exact) mass is 608 g/mol. The highest BCUT2D eigenvalue weighted by atomic mass is 19.1. The van der Waals surface area contributed by atoms with Crippen LogP contribution in [0.1, 0.15) is 42.8 Å². The van der Waals surface area contributed by atoms with Crippen molar-refractivity contribution in [1.29, 1.82) is 0 Å². The average Bonchev–Trinajstić information content (AvgIpc) is 3.52. The largest absolute Gasteiger partial charge is 0.457 e. The summed E-state index contributed by atoms with van der Waals surface area (Å²) in [5.41, 5.74) is 9.43. The van der Waals surface area contributed by atoms with Gasteiger partial charge in [-0.1, -0.05) is 44.2 Å². The molecule has 5 nitrogen and oxygen atoms in total. The van der Waals surface area contributed by atoms with E-state index in [0.717, 1.165) is 80.0 Å². The highest BCUT2D eigenvalue weighted by Gasteiger charge is 2.18. The van der Waals surface area contributed by atoms with Crippen LogP contribution in [0.15, 0.2) is 103 Å². The van der Waals surface area contributed by atoms with Crippen molar-refractivity contribution in [3.8, 4) is 34.1 Å². The number of aromatic nitrogens is 4. The highest BCUT2D eigenvalue weighted by molar-refractivity contribution is 6.09. The fourth-order valence-electron chi connectivity index (χ4n) is 6.40. The molecule has 0 fully saturated rings. The molecule has 0 bridgehead atoms. The Kier molecular flexibility index (Phi) is 7.65. The molecule has 0 spiro atoms. The van der Waals surface area contributed by atoms with E-state index >= 15 is 0 Å². The minimum absolute atomic E-state index is 0.269. The molecule has 46 heavy (non-hydrogen) atoms. The standard InChI is InChI=1S/C40H37FN4O/c1-25(2)11-12-29-20-32(45-28(5)40(27(4)43-45)30-9-7-6-8-10-30)23-34(21-29)46-33-14-15-35-36-22-31(41)13-16-37(36)44(38(35)24-33)39-19-26(3)17-18-42-39/h6-10,13-25H,11-12H2,1-5H3. The number of nitrogens with zero attached hydrogens (tertiary/aromatic N) is 4. The predicted molar refractivity (Wildman–Crippen MR) is 185 cm³/mol. The Labute approximate surface area is 268 Å². The fraction of sp³-hybridized carbons (Fsp3) is 0.200. The molecule has 3 aromatic heterocycles. The average molecular weight is 609 g/mol. The second-order valence-electron chi connectivity index (χ2n) is 12.6. The Bertz CT molecular complexity index is 2210. The molecule has 7 rings (SSSR count). The lowest BCUT2D eigenvalue weighted by atomic mass is 10.0. The molecule has 3 heterocycles. The summed E-state index contributed by atoms with van der Waals surface area (Å²) in [6.07, 6.45) is 3.81. The van der Waals surface area contributed by atoms with E-state index < -0.39 is 0 Å². The molecule has 0 aliphatic carbocycles. The number of hydrogen-bond acceptors (Lipinski definition) is 3. The number of ether oxygens (including phenoxy) is 1. The SMILES string of the molecule is Cc1ccnc(-n2c3ccc(F)cc3c3ccc(Oc4cc(CCC(C)C)cc(-n5nc(C)c(-c6ccccc6)c5C)c4)cc32)c1. The number of hydrogen-bond donors (Lipinski definition) is 0. The molecule has 0 saturated heterocycles. The predicted octanol–water partition coefficient (Wildman–Crippen LogP) is 10.5. The van der Waals surface area contributed by atoms with E-state index in [4.69, 9.17) is 9.84 Å². The zero-order chi connectivity index (χ0) is 31.9. The van der Waals surface area contributed by atoms with Gasteiger partial charge >= 0.3 is 0 Å². The molecular weight excluding hydrogens is 571 g/mol. The normalized spacial score (nSPS) is 11.6. The molecule has 6 heteroatoms. The van der Waals surface area contributed by atoms with Crippen LogP contribution in [-0.2, 0) is 6.42 Å². The van der Waals surface area contributed by atoms with Gasteiger partial charge in [0.1, 0.15) is 23.1 Å². The minimum Gasteiger partial charge on any atom is -0.457 e. The summed E-state index contributed by atoms with van der Waals surface area (Å²) in [5, 5.41) is 6.76. The van der Waals surface area contributed by atoms with E-state index in [0.29, 0.717) is 11.7 Å². The molecule has 7 aromatic rings. The number of fused-ring (bicyclic) bond motifs is 3. The molecule has 0 aliphatic rings. The maximum Gasteiger partial charge on any atom is 0.137 e. The second kappa shape index (κ2) is 11.9. The molecule has 0 unspecified atom stereocenters. The van der Waals surface area contributed by atoms with E-state index in [1.807, 2.05) is 54.1 Å². The van der Waals surface area contributed by atoms with Crippen molar-refractivity contribution in [2.75, 3.05) is 0 Å². The first kappa shape index (κ1) is 29.5. The van der Waals surface area contributed by atoms with Crippen LogP contribution in [-0.4, -0.2) is 19.3 Å². The lowest BCUT2D eigenvalue weighted by Crippen LogP contribution is -2.02. The third-order valence-corrected chi connectivity index (χ3v) is 8.63. The third kappa shape index (κ3) is 5.56. The molecule has 0 aliphatic heterocycles. The highest BCUT2D eigenvalue weighted by Crippen LogP contribution is 2.37. The van der Waals surface area contributed by atoms with Gasteiger partial charge in [-0.3, -0.25) is 4.57 Å². The van der Waals surface area contributed by atoms with Crippen LogP contribution >= 0.6 is 0 Å². The molecule has 0 saturated carbocycles. The van der Waals surface area contributed by atoms with Gasteiger partial charge in [-0.15, -0.1) is 0 Å². The van der Waals surface area contributed by atoms with Crippen LogP contribution in [0, 0.1) is 32.5 Å². The number of pyridine rings is 1. The summed E-state index contributed by atoms with van der Waals surface area (Å²) >= 11 is 0. The van der Waals surface area contributed by atoms with Gasteiger partial charge in [-0.05, 0) is 111 Å². The van der Waals surface area contributed by atoms with Gasteiger partial charge in [0.25, 0.3) is 0 Å². The second-order valence-corrected chi connectivity index (χ2v) is 12.6. The van der Waals surface area contributed by atoms with Gasteiger partial charge in [-0.2, -0.15) is 5.10 Å². The van der Waals surface area contributed by atoms with Crippen molar-refractivity contribution >= 4 is 21.8 Å². The number of halogens is 1. The van der Waals surface area contributed by atoms with E-state index in [1.54, 1.807) is 12.3 Å². The van der Waals surface area contributed by atoms with Gasteiger partial charge < -0.3 is 4.74 Å². The zero-order valence-electron chi connectivity index (χ0n) is 26.9. The zero-order valence-corrected chi connectivity index (χ0v) is 26.9. The Balaban J connectivity index is 1.34. The van der Waals surface area contributed by atoms with Gasteiger partial charge in [-0.25, -0.2) is 14.1 Å². The number of benzene rings is 4. The smallest absolute Gasteiger partial charge is 0.137 e. The van der Waals surface area contributed by atoms with E-state index in [-0.39, 0.29) is 5.82 Å². The summed E-state index contributed by atoms with van der Waals surface area (Å²) in [5.74, 6) is 2.52. The van der Waals surface area contributed by atoms with Gasteiger partial charge in [0, 0.05) is 40.4 Å². The summed E-state index contributed by atoms with van der Waals surface area (Å²) in [7, 11) is 0. The Morgan fingerprint density at radius 2 is 1.61 bits per heavy atom. The van der Waals surface area contributed by atoms with Crippen LogP contribution in [0.2, 0.25) is 0 Å². The topological polar surface area (TPSA) is 44.9 Å². The Hall–Kier alpha value is -5.23. The van der Waals surface area contributed by atoms with Crippen LogP contribution in [0.4, 0.5) is 4.39 Å². The summed E-state index contributed by atoms with van der Waals surface area (Å²) in [4.78, 5) is 4.67. The van der Waals surface area contributed by atoms with Gasteiger partial charge in [0.2, 0.25) is 0 Å². The summed E-state index contributed by atoms with van der Waals surface area (Å²) < 4.78 is 25.2. The van der Waals surface area contributed by atoms with Crippen molar-refractivity contribution in [2.45, 2.75) is 47.5 Å². The van der Waals surface area contributed by atoms with Crippen LogP contribution < -0.4 is 4.74 Å². The van der Waals surface area contributed by atoms with E-state index in [9.17, 15) is 4.39 Å². The van der Waals surface area contributed by atoms with Crippen LogP contribution in [0.3, 0.4) is 0 Å². The van der Waals surface area contributed by atoms with E-state index in [2.05, 4.69) is 79.7 Å². The quantitative estimate of drug-likeness (QED) is 0.172. The first-order chi connectivity index (χ1) is 22.2. The maximum atomic E-state index is 14.4. The van der Waals surface area contributed by atoms with Crippen molar-refractivity contribution in [3.63, 3.8) is 0 Å². The molecular formula is C40H37FN4O. The number of aryl methyl sites for hydroxylation is 3. The van der Waals surface area contributed by atoms with Gasteiger partial charge in [0.05, 0.1) is 22.4 Å². The third-order valence-electron chi connectivity index (χ3n) is 8.63. The Morgan fingerprint density at radius 1 is 0.783 bits per heavy atom. The summed E-state index contributed by atoms with van der Waals surface area (Å²) in [6.45, 7) is 10.7. The lowest BCUT2D eigenvalue weighted by molar-refractivity contribution is 0.481. The molecule has 4 aromatic carbocycles. The first-order valence-corrected chi connectivity index (χ1v) is 15.9. The van der Waals surface area contributed by atoms with Crippen molar-refractivity contribution in [1.82, 2.24) is 19.3 Å². The molecule has 0 amide bonds. The molecule has 0 atom stereocenters. The number of rotatable bonds is 8. The fourth-order valence-corrected chi connectivity index (χ4v) is 6.40. The van der Waals surface area contributed by atoms with Crippen LogP contribution in [0.5, 0.6) is 11.5 Å². The summed E-state index contributed by atoms with van der Waals surface area (Å²) in [6, 6.07) is 31.7. The molecule has 230 valence electrons. The lowest BCUT2D eigenvalue weighted by Gasteiger charge is -2.14. The molecule has 0 radical (unpaired) electrons. The van der Waals surface area contributed by atoms with Crippen molar-refractivity contribution < 1.29 is 9.13 Å². The first-order valence-electron chi connectivity index (χ1n) is 15.9. The maximum absolute atomic E-state index is 14.4. The Morgan fingerprint density at radius 3 is 2.39 bits per heavy atom. The van der Waals surface area contributed by atoms with Crippen molar-refractivity contribution in [2.24, 2.45) is 5.92 Å². The van der Waals surface area contributed by atoms with E-state index in [1.165, 1.54) is 11.6 Å². The van der Waals surface area contributed by atoms with Crippen LogP contribution in [0.25, 0.3) is 44.4 Å². The minimum atomic E-state index is -0.269. The molecule has 0 N–H and O–H groups in total.